The van der Waals surface area contributed by atoms with E-state index in [2.05, 4.69) is 39.4 Å². The topological polar surface area (TPSA) is 13.1 Å². The van der Waals surface area contributed by atoms with Crippen molar-refractivity contribution in [2.75, 3.05) is 20.1 Å². The summed E-state index contributed by atoms with van der Waals surface area (Å²) in [5.41, 5.74) is 2.53. The van der Waals surface area contributed by atoms with Gasteiger partial charge >= 0.3 is 0 Å². The monoisotopic (exact) mass is 417 g/mol. The van der Waals surface area contributed by atoms with Gasteiger partial charge in [-0.3, -0.25) is 4.57 Å². The van der Waals surface area contributed by atoms with E-state index in [-0.39, 0.29) is 0 Å². The lowest BCUT2D eigenvalue weighted by Gasteiger charge is -2.22. The summed E-state index contributed by atoms with van der Waals surface area (Å²) >= 11 is 12.1. The lowest BCUT2D eigenvalue weighted by atomic mass is 9.87. The molecular formula is C23H32ClN3S. The Kier molecular flexibility index (Phi) is 6.59. The lowest BCUT2D eigenvalue weighted by molar-refractivity contribution is 0.308. The molecule has 152 valence electrons. The van der Waals surface area contributed by atoms with Crippen molar-refractivity contribution in [1.29, 1.82) is 0 Å². The maximum Gasteiger partial charge on any atom is 0.184 e. The van der Waals surface area contributed by atoms with E-state index in [1.54, 1.807) is 0 Å². The number of aromatic nitrogens is 2. The summed E-state index contributed by atoms with van der Waals surface area (Å²) in [5, 5.41) is 0.771. The minimum Gasteiger partial charge on any atom is -0.323 e. The van der Waals surface area contributed by atoms with Crippen LogP contribution in [0.1, 0.15) is 63.0 Å². The largest absolute Gasteiger partial charge is 0.323 e. The first-order valence-electron chi connectivity index (χ1n) is 10.9. The first-order chi connectivity index (χ1) is 13.6. The fourth-order valence-electron chi connectivity index (χ4n) is 4.55. The molecule has 2 saturated carbocycles. The van der Waals surface area contributed by atoms with Gasteiger partial charge in [-0.05, 0) is 88.1 Å². The molecule has 2 aliphatic rings. The van der Waals surface area contributed by atoms with Gasteiger partial charge in [-0.2, -0.15) is 0 Å². The van der Waals surface area contributed by atoms with Crippen LogP contribution in [0.3, 0.4) is 0 Å². The van der Waals surface area contributed by atoms with Crippen LogP contribution in [0.4, 0.5) is 0 Å². The van der Waals surface area contributed by atoms with E-state index in [9.17, 15) is 0 Å². The number of aryl methyl sites for hydroxylation is 1. The molecule has 0 N–H and O–H groups in total. The quantitative estimate of drug-likeness (QED) is 0.458. The molecule has 1 aromatic heterocycles. The number of hydrogen-bond acceptors (Lipinski definition) is 2. The van der Waals surface area contributed by atoms with Crippen molar-refractivity contribution in [2.24, 2.45) is 5.92 Å². The van der Waals surface area contributed by atoms with Crippen molar-refractivity contribution in [3.8, 4) is 5.69 Å². The average molecular weight is 418 g/mol. The molecule has 1 heterocycles. The van der Waals surface area contributed by atoms with Gasteiger partial charge in [0.05, 0.1) is 0 Å². The van der Waals surface area contributed by atoms with E-state index < -0.39 is 0 Å². The molecule has 0 amide bonds. The minimum atomic E-state index is 0.616. The molecule has 5 heteroatoms. The molecule has 1 aromatic carbocycles. The van der Waals surface area contributed by atoms with Crippen LogP contribution >= 0.6 is 23.8 Å². The Morgan fingerprint density at radius 1 is 1.07 bits per heavy atom. The predicted molar refractivity (Wildman–Crippen MR) is 120 cm³/mol. The van der Waals surface area contributed by atoms with Crippen LogP contribution in [0, 0.1) is 10.7 Å². The van der Waals surface area contributed by atoms with Gasteiger partial charge in [0.25, 0.3) is 0 Å². The van der Waals surface area contributed by atoms with Crippen molar-refractivity contribution in [1.82, 2.24) is 14.0 Å². The van der Waals surface area contributed by atoms with Gasteiger partial charge in [0.15, 0.2) is 4.77 Å². The second kappa shape index (κ2) is 9.15. The number of rotatable bonds is 8. The summed E-state index contributed by atoms with van der Waals surface area (Å²) in [7, 11) is 2.25. The molecule has 2 aromatic rings. The van der Waals surface area contributed by atoms with Gasteiger partial charge in [0, 0.05) is 41.6 Å². The van der Waals surface area contributed by atoms with Crippen LogP contribution in [0.15, 0.2) is 30.5 Å². The molecule has 0 spiro atoms. The first-order valence-corrected chi connectivity index (χ1v) is 11.7. The third-order valence-corrected chi connectivity index (χ3v) is 6.97. The second-order valence-electron chi connectivity index (χ2n) is 8.74. The van der Waals surface area contributed by atoms with Crippen LogP contribution in [0.5, 0.6) is 0 Å². The molecule has 0 bridgehead atoms. The number of nitrogens with zero attached hydrogens (tertiary/aromatic N) is 3. The minimum absolute atomic E-state index is 0.616. The zero-order valence-corrected chi connectivity index (χ0v) is 18.5. The Labute approximate surface area is 179 Å². The third-order valence-electron chi connectivity index (χ3n) is 6.30. The van der Waals surface area contributed by atoms with Crippen LogP contribution in [0.2, 0.25) is 5.02 Å². The highest BCUT2D eigenvalue weighted by Gasteiger charge is 2.23. The summed E-state index contributed by atoms with van der Waals surface area (Å²) in [6.45, 7) is 3.39. The highest BCUT2D eigenvalue weighted by molar-refractivity contribution is 7.71. The maximum atomic E-state index is 6.13. The molecular weight excluding hydrogens is 386 g/mol. The highest BCUT2D eigenvalue weighted by atomic mass is 35.5. The van der Waals surface area contributed by atoms with Crippen molar-refractivity contribution in [3.63, 3.8) is 0 Å². The molecule has 2 fully saturated rings. The zero-order chi connectivity index (χ0) is 19.5. The van der Waals surface area contributed by atoms with E-state index in [0.717, 1.165) is 40.9 Å². The van der Waals surface area contributed by atoms with E-state index in [4.69, 9.17) is 23.8 Å². The molecule has 3 nitrogen and oxygen atoms in total. The Balaban J connectivity index is 1.54. The maximum absolute atomic E-state index is 6.13. The average Bonchev–Trinajstić information content (AvgIpc) is 3.46. The number of benzene rings is 1. The van der Waals surface area contributed by atoms with Gasteiger partial charge in [0.1, 0.15) is 0 Å². The number of imidazole rings is 1. The molecule has 0 unspecified atom stereocenters. The smallest absolute Gasteiger partial charge is 0.184 e. The van der Waals surface area contributed by atoms with Gasteiger partial charge in [-0.25, -0.2) is 0 Å². The standard InChI is InChI=1S/C23H32ClN3S/c1-25(16-18-8-9-18)14-5-15-26-17-22(19-6-3-2-4-7-19)27(23(26)28)21-12-10-20(24)11-13-21/h10-13,17-19H,2-9,14-16H2,1H3. The van der Waals surface area contributed by atoms with Gasteiger partial charge in [-0.15, -0.1) is 0 Å². The fraction of sp³-hybridized carbons (Fsp3) is 0.609. The van der Waals surface area contributed by atoms with Crippen molar-refractivity contribution in [2.45, 2.75) is 63.8 Å². The van der Waals surface area contributed by atoms with Crippen molar-refractivity contribution >= 4 is 23.8 Å². The lowest BCUT2D eigenvalue weighted by Crippen LogP contribution is -2.23. The van der Waals surface area contributed by atoms with Gasteiger partial charge in [-0.1, -0.05) is 30.9 Å². The first kappa shape index (κ1) is 20.2. The molecule has 2 aliphatic carbocycles. The van der Waals surface area contributed by atoms with Gasteiger partial charge in [0.2, 0.25) is 0 Å². The second-order valence-corrected chi connectivity index (χ2v) is 9.54. The Bertz CT molecular complexity index is 829. The summed E-state index contributed by atoms with van der Waals surface area (Å²) in [4.78, 5) is 2.49. The molecule has 0 aliphatic heterocycles. The van der Waals surface area contributed by atoms with Crippen LogP contribution < -0.4 is 0 Å². The summed E-state index contributed by atoms with van der Waals surface area (Å²) in [5.74, 6) is 1.57. The van der Waals surface area contributed by atoms with Crippen molar-refractivity contribution < 1.29 is 0 Å². The summed E-state index contributed by atoms with van der Waals surface area (Å²) in [6.07, 6.45) is 12.9. The van der Waals surface area contributed by atoms with E-state index in [1.165, 1.54) is 57.2 Å². The van der Waals surface area contributed by atoms with Crippen molar-refractivity contribution in [3.05, 3.63) is 45.9 Å². The molecule has 4 rings (SSSR count). The Morgan fingerprint density at radius 3 is 2.46 bits per heavy atom. The number of hydrogen-bond donors (Lipinski definition) is 0. The predicted octanol–water partition coefficient (Wildman–Crippen LogP) is 6.44. The number of halogens is 1. The molecule has 0 saturated heterocycles. The van der Waals surface area contributed by atoms with Crippen LogP contribution in [0.25, 0.3) is 5.69 Å². The summed E-state index contributed by atoms with van der Waals surface area (Å²) < 4.78 is 5.53. The Morgan fingerprint density at radius 2 is 1.79 bits per heavy atom. The highest BCUT2D eigenvalue weighted by Crippen LogP contribution is 2.35. The van der Waals surface area contributed by atoms with Gasteiger partial charge < -0.3 is 9.47 Å². The SMILES string of the molecule is CN(CCCn1cc(C2CCCCC2)n(-c2ccc(Cl)cc2)c1=S)CC1CC1. The fourth-order valence-corrected chi connectivity index (χ4v) is 5.03. The van der Waals surface area contributed by atoms with Crippen LogP contribution in [-0.4, -0.2) is 34.2 Å². The Hall–Kier alpha value is -1.10. The van der Waals surface area contributed by atoms with E-state index in [1.807, 2.05) is 12.1 Å². The van der Waals surface area contributed by atoms with E-state index in [0.29, 0.717) is 5.92 Å². The zero-order valence-electron chi connectivity index (χ0n) is 16.9. The summed E-state index contributed by atoms with van der Waals surface area (Å²) in [6, 6.07) is 8.12. The molecule has 28 heavy (non-hydrogen) atoms. The van der Waals surface area contributed by atoms with Crippen LogP contribution in [-0.2, 0) is 6.54 Å². The molecule has 0 atom stereocenters. The van der Waals surface area contributed by atoms with E-state index >= 15 is 0 Å². The molecule has 0 radical (unpaired) electrons. The normalized spacial score (nSPS) is 18.1. The third kappa shape index (κ3) is 4.90.